The van der Waals surface area contributed by atoms with E-state index in [4.69, 9.17) is 17.3 Å². The first-order valence-corrected chi connectivity index (χ1v) is 8.69. The van der Waals surface area contributed by atoms with E-state index in [1.807, 2.05) is 6.07 Å². The van der Waals surface area contributed by atoms with E-state index in [0.29, 0.717) is 10.0 Å². The number of nitrogens with two attached hydrogens (primary N) is 1. The highest BCUT2D eigenvalue weighted by atomic mass is 35.5. The maximum Gasteiger partial charge on any atom is 0.254 e. The van der Waals surface area contributed by atoms with E-state index < -0.39 is 10.0 Å². The number of thiophene rings is 1. The Morgan fingerprint density at radius 3 is 2.58 bits per heavy atom. The number of aromatic nitrogens is 1. The van der Waals surface area contributed by atoms with Gasteiger partial charge < -0.3 is 5.73 Å². The highest BCUT2D eigenvalue weighted by molar-refractivity contribution is 7.91. The van der Waals surface area contributed by atoms with Crippen molar-refractivity contribution in [2.75, 3.05) is 12.8 Å². The molecule has 0 aliphatic heterocycles. The summed E-state index contributed by atoms with van der Waals surface area (Å²) in [5.41, 5.74) is 5.97. The van der Waals surface area contributed by atoms with Crippen molar-refractivity contribution in [2.24, 2.45) is 0 Å². The van der Waals surface area contributed by atoms with Crippen molar-refractivity contribution in [2.45, 2.75) is 17.7 Å². The molecule has 2 rings (SSSR count). The molecule has 104 valence electrons. The minimum Gasteiger partial charge on any atom is -0.375 e. The summed E-state index contributed by atoms with van der Waals surface area (Å²) in [6.45, 7) is 1.91. The van der Waals surface area contributed by atoms with Crippen molar-refractivity contribution < 1.29 is 8.42 Å². The molecule has 5 nitrogen and oxygen atoms in total. The lowest BCUT2D eigenvalue weighted by Crippen LogP contribution is -2.26. The molecule has 0 radical (unpaired) electrons. The molecule has 0 aliphatic rings. The van der Waals surface area contributed by atoms with Gasteiger partial charge in [-0.05, 0) is 19.1 Å². The van der Waals surface area contributed by atoms with E-state index in [9.17, 15) is 8.42 Å². The van der Waals surface area contributed by atoms with Crippen molar-refractivity contribution in [3.05, 3.63) is 27.0 Å². The third kappa shape index (κ3) is 3.09. The summed E-state index contributed by atoms with van der Waals surface area (Å²) in [7, 11) is -2.04. The van der Waals surface area contributed by atoms with Crippen LogP contribution >= 0.6 is 34.3 Å². The number of thiazole rings is 1. The highest BCUT2D eigenvalue weighted by Gasteiger charge is 2.26. The van der Waals surface area contributed by atoms with Gasteiger partial charge in [0.05, 0.1) is 10.0 Å². The standard InChI is InChI=1S/C10H12ClN3O2S3/c1-6-9(18-10(12)13-6)19(15,16)14(2)5-7-3-4-8(11)17-7/h3-4H,5H2,1-2H3,(H2,12,13). The van der Waals surface area contributed by atoms with Crippen LogP contribution in [0.5, 0.6) is 0 Å². The molecule has 0 fully saturated rings. The molecule has 0 aliphatic carbocycles. The van der Waals surface area contributed by atoms with Crippen LogP contribution in [0.2, 0.25) is 4.34 Å². The molecule has 0 bridgehead atoms. The molecular formula is C10H12ClN3O2S3. The Morgan fingerprint density at radius 2 is 2.11 bits per heavy atom. The van der Waals surface area contributed by atoms with Gasteiger partial charge in [0.15, 0.2) is 9.34 Å². The van der Waals surface area contributed by atoms with Gasteiger partial charge in [-0.1, -0.05) is 22.9 Å². The quantitative estimate of drug-likeness (QED) is 0.930. The normalized spacial score (nSPS) is 12.2. The van der Waals surface area contributed by atoms with E-state index in [-0.39, 0.29) is 15.9 Å². The number of rotatable bonds is 4. The molecule has 2 heterocycles. The second-order valence-corrected chi connectivity index (χ2v) is 8.96. The van der Waals surface area contributed by atoms with Gasteiger partial charge in [-0.2, -0.15) is 4.31 Å². The lowest BCUT2D eigenvalue weighted by atomic mass is 10.5. The van der Waals surface area contributed by atoms with Gasteiger partial charge in [0, 0.05) is 18.5 Å². The lowest BCUT2D eigenvalue weighted by Gasteiger charge is -2.15. The minimum atomic E-state index is -3.56. The Balaban J connectivity index is 2.27. The number of aryl methyl sites for hydroxylation is 1. The minimum absolute atomic E-state index is 0.190. The molecule has 2 aromatic rings. The van der Waals surface area contributed by atoms with Gasteiger partial charge >= 0.3 is 0 Å². The van der Waals surface area contributed by atoms with Crippen LogP contribution in [0.1, 0.15) is 10.6 Å². The second kappa shape index (κ2) is 5.37. The van der Waals surface area contributed by atoms with E-state index in [1.165, 1.54) is 22.7 Å². The molecule has 0 saturated carbocycles. The van der Waals surface area contributed by atoms with Crippen LogP contribution in [0.4, 0.5) is 5.13 Å². The number of sulfonamides is 1. The van der Waals surface area contributed by atoms with E-state index in [1.54, 1.807) is 13.0 Å². The molecule has 19 heavy (non-hydrogen) atoms. The Hall–Kier alpha value is -0.670. The Labute approximate surface area is 124 Å². The van der Waals surface area contributed by atoms with Gasteiger partial charge in [-0.15, -0.1) is 11.3 Å². The number of hydrogen-bond acceptors (Lipinski definition) is 6. The number of hydrogen-bond donors (Lipinski definition) is 1. The third-order valence-corrected chi connectivity index (χ3v) is 7.02. The fourth-order valence-corrected chi connectivity index (χ4v) is 5.38. The van der Waals surface area contributed by atoms with Crippen molar-refractivity contribution in [1.82, 2.24) is 9.29 Å². The first kappa shape index (κ1) is 14.7. The van der Waals surface area contributed by atoms with Crippen LogP contribution in [-0.2, 0) is 16.6 Å². The smallest absolute Gasteiger partial charge is 0.254 e. The van der Waals surface area contributed by atoms with Crippen LogP contribution in [0.15, 0.2) is 16.3 Å². The number of anilines is 1. The summed E-state index contributed by atoms with van der Waals surface area (Å²) >= 11 is 8.17. The predicted molar refractivity (Wildman–Crippen MR) is 79.2 cm³/mol. The van der Waals surface area contributed by atoms with Gasteiger partial charge in [0.25, 0.3) is 10.0 Å². The third-order valence-electron chi connectivity index (χ3n) is 2.42. The fraction of sp³-hybridized carbons (Fsp3) is 0.300. The summed E-state index contributed by atoms with van der Waals surface area (Å²) in [6, 6.07) is 3.56. The average Bonchev–Trinajstić information content (AvgIpc) is 2.85. The van der Waals surface area contributed by atoms with Crippen LogP contribution in [0.25, 0.3) is 0 Å². The molecule has 0 amide bonds. The molecular weight excluding hydrogens is 326 g/mol. The highest BCUT2D eigenvalue weighted by Crippen LogP contribution is 2.29. The maximum absolute atomic E-state index is 12.4. The molecule has 0 aromatic carbocycles. The van der Waals surface area contributed by atoms with E-state index in [2.05, 4.69) is 4.98 Å². The summed E-state index contributed by atoms with van der Waals surface area (Å²) in [5.74, 6) is 0. The molecule has 2 N–H and O–H groups in total. The summed E-state index contributed by atoms with van der Waals surface area (Å²) < 4.78 is 26.9. The summed E-state index contributed by atoms with van der Waals surface area (Å²) in [6.07, 6.45) is 0. The van der Waals surface area contributed by atoms with Crippen molar-refractivity contribution in [3.63, 3.8) is 0 Å². The first-order valence-electron chi connectivity index (χ1n) is 5.24. The zero-order valence-electron chi connectivity index (χ0n) is 10.3. The van der Waals surface area contributed by atoms with Gasteiger partial charge in [-0.25, -0.2) is 13.4 Å². The van der Waals surface area contributed by atoms with Crippen LogP contribution in [0.3, 0.4) is 0 Å². The number of nitrogens with zero attached hydrogens (tertiary/aromatic N) is 2. The Kier molecular flexibility index (Phi) is 4.17. The molecule has 0 saturated heterocycles. The topological polar surface area (TPSA) is 76.3 Å². The van der Waals surface area contributed by atoms with Gasteiger partial charge in [-0.3, -0.25) is 0 Å². The summed E-state index contributed by atoms with van der Waals surface area (Å²) in [5, 5.41) is 0.253. The summed E-state index contributed by atoms with van der Waals surface area (Å²) in [4.78, 5) is 4.82. The van der Waals surface area contributed by atoms with E-state index in [0.717, 1.165) is 16.2 Å². The van der Waals surface area contributed by atoms with Crippen molar-refractivity contribution >= 4 is 49.4 Å². The Bertz CT molecular complexity index is 693. The fourth-order valence-electron chi connectivity index (χ4n) is 1.52. The van der Waals surface area contributed by atoms with Crippen LogP contribution in [-0.4, -0.2) is 24.8 Å². The average molecular weight is 338 g/mol. The second-order valence-electron chi connectivity index (χ2n) is 3.89. The number of halogens is 1. The predicted octanol–water partition coefficient (Wildman–Crippen LogP) is 2.57. The van der Waals surface area contributed by atoms with Gasteiger partial charge in [0.2, 0.25) is 0 Å². The monoisotopic (exact) mass is 337 g/mol. The molecule has 2 aromatic heterocycles. The van der Waals surface area contributed by atoms with Crippen molar-refractivity contribution in [1.29, 1.82) is 0 Å². The number of nitrogen functional groups attached to an aromatic ring is 1. The molecule has 0 atom stereocenters. The van der Waals surface area contributed by atoms with Gasteiger partial charge in [0.1, 0.15) is 0 Å². The Morgan fingerprint density at radius 1 is 1.42 bits per heavy atom. The molecule has 9 heteroatoms. The molecule has 0 spiro atoms. The zero-order valence-corrected chi connectivity index (χ0v) is 13.5. The zero-order chi connectivity index (χ0) is 14.2. The van der Waals surface area contributed by atoms with Crippen LogP contribution in [0, 0.1) is 6.92 Å². The maximum atomic E-state index is 12.4. The van der Waals surface area contributed by atoms with Crippen LogP contribution < -0.4 is 5.73 Å². The first-order chi connectivity index (χ1) is 8.80. The van der Waals surface area contributed by atoms with Crippen molar-refractivity contribution in [3.8, 4) is 0 Å². The lowest BCUT2D eigenvalue weighted by molar-refractivity contribution is 0.471. The van der Waals surface area contributed by atoms with E-state index >= 15 is 0 Å². The largest absolute Gasteiger partial charge is 0.375 e. The molecule has 0 unspecified atom stereocenters. The SMILES string of the molecule is Cc1nc(N)sc1S(=O)(=O)N(C)Cc1ccc(Cl)s1.